The van der Waals surface area contributed by atoms with Crippen LogP contribution >= 0.6 is 12.4 Å². The highest BCUT2D eigenvalue weighted by molar-refractivity contribution is 5.85. The first-order valence-corrected chi connectivity index (χ1v) is 5.87. The summed E-state index contributed by atoms with van der Waals surface area (Å²) in [4.78, 5) is 15.4. The van der Waals surface area contributed by atoms with Crippen LogP contribution in [0.15, 0.2) is 17.1 Å². The van der Waals surface area contributed by atoms with Crippen LogP contribution < -0.4 is 11.4 Å². The fraction of sp³-hybridized carbons (Fsp3) is 0.636. The molecular weight excluding hydrogens is 274 g/mol. The van der Waals surface area contributed by atoms with Crippen molar-refractivity contribution in [3.05, 3.63) is 22.7 Å². The zero-order valence-corrected chi connectivity index (χ0v) is 11.3. The van der Waals surface area contributed by atoms with E-state index in [0.717, 1.165) is 0 Å². The van der Waals surface area contributed by atoms with Gasteiger partial charge in [-0.15, -0.1) is 12.4 Å². The van der Waals surface area contributed by atoms with Gasteiger partial charge in [-0.1, -0.05) is 6.92 Å². The molecule has 2 heterocycles. The van der Waals surface area contributed by atoms with Gasteiger partial charge in [0.05, 0.1) is 12.7 Å². The molecule has 19 heavy (non-hydrogen) atoms. The van der Waals surface area contributed by atoms with Gasteiger partial charge in [0, 0.05) is 12.1 Å². The third-order valence-electron chi connectivity index (χ3n) is 3.28. The summed E-state index contributed by atoms with van der Waals surface area (Å²) < 4.78 is 6.81. The number of hydrogen-bond donors (Lipinski definition) is 3. The average molecular weight is 292 g/mol. The lowest BCUT2D eigenvalue weighted by atomic mass is 9.97. The zero-order chi connectivity index (χ0) is 13.3. The molecule has 1 aromatic heterocycles. The van der Waals surface area contributed by atoms with Gasteiger partial charge in [-0.3, -0.25) is 4.57 Å². The van der Waals surface area contributed by atoms with E-state index in [0.29, 0.717) is 6.42 Å². The van der Waals surface area contributed by atoms with Gasteiger partial charge in [-0.25, -0.2) is 4.79 Å². The van der Waals surface area contributed by atoms with Gasteiger partial charge in [-0.05, 0) is 12.5 Å². The van der Waals surface area contributed by atoms with E-state index in [9.17, 15) is 9.90 Å². The molecule has 0 aromatic carbocycles. The third kappa shape index (κ3) is 2.89. The molecule has 4 unspecified atom stereocenters. The predicted molar refractivity (Wildman–Crippen MR) is 70.9 cm³/mol. The van der Waals surface area contributed by atoms with Crippen molar-refractivity contribution in [2.24, 2.45) is 5.92 Å². The Labute approximate surface area is 116 Å². The first kappa shape index (κ1) is 15.9. The maximum atomic E-state index is 11.7. The van der Waals surface area contributed by atoms with Crippen LogP contribution in [0.5, 0.6) is 0 Å². The van der Waals surface area contributed by atoms with Crippen LogP contribution in [0.2, 0.25) is 0 Å². The first-order chi connectivity index (χ1) is 8.58. The zero-order valence-electron chi connectivity index (χ0n) is 10.5. The van der Waals surface area contributed by atoms with Crippen molar-refractivity contribution in [3.8, 4) is 0 Å². The van der Waals surface area contributed by atoms with Gasteiger partial charge in [0.2, 0.25) is 0 Å². The van der Waals surface area contributed by atoms with Crippen LogP contribution in [0.4, 0.5) is 5.82 Å². The van der Waals surface area contributed by atoms with Gasteiger partial charge in [-0.2, -0.15) is 4.98 Å². The molecule has 0 spiro atoms. The summed E-state index contributed by atoms with van der Waals surface area (Å²) in [5.41, 5.74) is 4.90. The number of halogens is 1. The Morgan fingerprint density at radius 2 is 2.26 bits per heavy atom. The summed E-state index contributed by atoms with van der Waals surface area (Å²) in [6.45, 7) is 1.60. The topological polar surface area (TPSA) is 111 Å². The molecule has 1 aliphatic rings. The molecule has 1 saturated heterocycles. The molecule has 1 aromatic rings. The van der Waals surface area contributed by atoms with Crippen molar-refractivity contribution in [1.82, 2.24) is 9.55 Å². The Hall–Kier alpha value is -1.15. The summed E-state index contributed by atoms with van der Waals surface area (Å²) in [7, 11) is 0. The largest absolute Gasteiger partial charge is 0.394 e. The quantitative estimate of drug-likeness (QED) is 0.694. The van der Waals surface area contributed by atoms with Crippen LogP contribution in [0, 0.1) is 5.92 Å². The van der Waals surface area contributed by atoms with Crippen molar-refractivity contribution in [1.29, 1.82) is 0 Å². The molecule has 108 valence electrons. The molecule has 4 N–H and O–H groups in total. The van der Waals surface area contributed by atoms with Crippen LogP contribution in [-0.4, -0.2) is 38.6 Å². The number of aliphatic hydroxyl groups is 2. The van der Waals surface area contributed by atoms with Crippen molar-refractivity contribution in [2.45, 2.75) is 31.8 Å². The highest BCUT2D eigenvalue weighted by atomic mass is 35.5. The minimum Gasteiger partial charge on any atom is -0.394 e. The smallest absolute Gasteiger partial charge is 0.351 e. The van der Waals surface area contributed by atoms with Crippen molar-refractivity contribution < 1.29 is 14.9 Å². The molecule has 0 aliphatic carbocycles. The number of hydrogen-bond acceptors (Lipinski definition) is 6. The maximum absolute atomic E-state index is 11.7. The molecule has 4 atom stereocenters. The Morgan fingerprint density at radius 1 is 1.58 bits per heavy atom. The highest BCUT2D eigenvalue weighted by Gasteiger charge is 2.43. The normalized spacial score (nSPS) is 30.1. The molecule has 7 nitrogen and oxygen atoms in total. The van der Waals surface area contributed by atoms with Crippen LogP contribution in [0.1, 0.15) is 19.6 Å². The van der Waals surface area contributed by atoms with E-state index in [-0.39, 0.29) is 30.7 Å². The molecule has 1 fully saturated rings. The SMILES string of the molecule is CCC1C(O)C(CO)OC1n1ccc(N)nc1=O.Cl. The number of aromatic nitrogens is 2. The maximum Gasteiger partial charge on any atom is 0.351 e. The molecule has 0 saturated carbocycles. The number of rotatable bonds is 3. The molecule has 1 aliphatic heterocycles. The van der Waals surface area contributed by atoms with Crippen LogP contribution in [0.25, 0.3) is 0 Å². The van der Waals surface area contributed by atoms with E-state index in [1.165, 1.54) is 16.8 Å². The summed E-state index contributed by atoms with van der Waals surface area (Å²) in [5, 5.41) is 19.1. The Kier molecular flexibility index (Phi) is 5.30. The van der Waals surface area contributed by atoms with Crippen LogP contribution in [-0.2, 0) is 4.74 Å². The van der Waals surface area contributed by atoms with Crippen molar-refractivity contribution in [3.63, 3.8) is 0 Å². The van der Waals surface area contributed by atoms with E-state index in [4.69, 9.17) is 15.6 Å². The number of nitrogen functional groups attached to an aromatic ring is 1. The molecule has 8 heteroatoms. The summed E-state index contributed by atoms with van der Waals surface area (Å²) in [5.74, 6) is -0.119. The lowest BCUT2D eigenvalue weighted by Gasteiger charge is -2.20. The minimum atomic E-state index is -0.797. The second-order valence-electron chi connectivity index (χ2n) is 4.35. The second-order valence-corrected chi connectivity index (χ2v) is 4.35. The Morgan fingerprint density at radius 3 is 2.79 bits per heavy atom. The highest BCUT2D eigenvalue weighted by Crippen LogP contribution is 2.35. The fourth-order valence-electron chi connectivity index (χ4n) is 2.29. The van der Waals surface area contributed by atoms with E-state index < -0.39 is 24.1 Å². The molecule has 2 rings (SSSR count). The number of anilines is 1. The molecular formula is C11H18ClN3O4. The van der Waals surface area contributed by atoms with E-state index in [1.54, 1.807) is 0 Å². The minimum absolute atomic E-state index is 0. The van der Waals surface area contributed by atoms with E-state index >= 15 is 0 Å². The van der Waals surface area contributed by atoms with E-state index in [1.807, 2.05) is 6.92 Å². The second kappa shape index (κ2) is 6.33. The molecule has 0 radical (unpaired) electrons. The lowest BCUT2D eigenvalue weighted by molar-refractivity contribution is -0.0481. The van der Waals surface area contributed by atoms with Gasteiger partial charge < -0.3 is 20.7 Å². The third-order valence-corrected chi connectivity index (χ3v) is 3.28. The number of ether oxygens (including phenoxy) is 1. The average Bonchev–Trinajstić information content (AvgIpc) is 2.65. The van der Waals surface area contributed by atoms with Gasteiger partial charge in [0.25, 0.3) is 0 Å². The Bertz CT molecular complexity index is 481. The van der Waals surface area contributed by atoms with Gasteiger partial charge in [0.15, 0.2) is 0 Å². The fourth-order valence-corrected chi connectivity index (χ4v) is 2.29. The van der Waals surface area contributed by atoms with Gasteiger partial charge in [0.1, 0.15) is 18.1 Å². The lowest BCUT2D eigenvalue weighted by Crippen LogP contribution is -2.32. The monoisotopic (exact) mass is 291 g/mol. The van der Waals surface area contributed by atoms with Gasteiger partial charge >= 0.3 is 5.69 Å². The number of nitrogens with zero attached hydrogens (tertiary/aromatic N) is 2. The predicted octanol–water partition coefficient (Wildman–Crippen LogP) is -0.476. The summed E-state index contributed by atoms with van der Waals surface area (Å²) in [6, 6.07) is 1.50. The summed E-state index contributed by atoms with van der Waals surface area (Å²) >= 11 is 0. The first-order valence-electron chi connectivity index (χ1n) is 5.87. The Balaban J connectivity index is 0.00000180. The number of nitrogens with two attached hydrogens (primary N) is 1. The summed E-state index contributed by atoms with van der Waals surface area (Å²) in [6.07, 6.45) is 0.0190. The van der Waals surface area contributed by atoms with Crippen LogP contribution in [0.3, 0.4) is 0 Å². The standard InChI is InChI=1S/C11H17N3O4.ClH/c1-2-6-9(16)7(5-15)18-10(6)14-4-3-8(12)13-11(14)17;/h3-4,6-7,9-10,15-16H,2,5H2,1H3,(H2,12,13,17);1H. The van der Waals surface area contributed by atoms with Crippen molar-refractivity contribution >= 4 is 18.2 Å². The molecule has 0 amide bonds. The van der Waals surface area contributed by atoms with Crippen molar-refractivity contribution in [2.75, 3.05) is 12.3 Å². The number of aliphatic hydroxyl groups excluding tert-OH is 2. The van der Waals surface area contributed by atoms with E-state index in [2.05, 4.69) is 4.98 Å². The molecule has 0 bridgehead atoms.